The Kier molecular flexibility index (Phi) is 4.08. The van der Waals surface area contributed by atoms with Crippen LogP contribution in [0, 0.1) is 10.1 Å². The molecule has 1 N–H and O–H groups in total. The molecule has 0 spiro atoms. The Labute approximate surface area is 99.2 Å². The standard InChI is InChI=1S/C9H8F2N2O5/c1-2-18-9(15)4-3-5(7(10)11)12-8(6(4)14)13(16)17/h3,7,14H,2H2,1H3. The summed E-state index contributed by atoms with van der Waals surface area (Å²) in [6, 6.07) is 0.561. The number of alkyl halides is 2. The maximum absolute atomic E-state index is 12.5. The maximum Gasteiger partial charge on any atom is 0.407 e. The quantitative estimate of drug-likeness (QED) is 0.504. The van der Waals surface area contributed by atoms with Crippen molar-refractivity contribution >= 4 is 11.8 Å². The van der Waals surface area contributed by atoms with E-state index in [4.69, 9.17) is 0 Å². The molecule has 0 fully saturated rings. The molecule has 0 saturated carbocycles. The number of esters is 1. The monoisotopic (exact) mass is 262 g/mol. The van der Waals surface area contributed by atoms with Gasteiger partial charge in [-0.3, -0.25) is 0 Å². The van der Waals surface area contributed by atoms with E-state index in [0.29, 0.717) is 6.07 Å². The topological polar surface area (TPSA) is 103 Å². The van der Waals surface area contributed by atoms with E-state index >= 15 is 0 Å². The largest absolute Gasteiger partial charge is 0.500 e. The van der Waals surface area contributed by atoms with E-state index in [1.54, 1.807) is 0 Å². The van der Waals surface area contributed by atoms with Crippen molar-refractivity contribution in [1.29, 1.82) is 0 Å². The highest BCUT2D eigenvalue weighted by Crippen LogP contribution is 2.31. The number of pyridine rings is 1. The van der Waals surface area contributed by atoms with Crippen molar-refractivity contribution < 1.29 is 28.3 Å². The number of hydrogen-bond acceptors (Lipinski definition) is 6. The van der Waals surface area contributed by atoms with Gasteiger partial charge in [-0.15, -0.1) is 0 Å². The van der Waals surface area contributed by atoms with Crippen LogP contribution < -0.4 is 0 Å². The van der Waals surface area contributed by atoms with Crippen molar-refractivity contribution in [2.75, 3.05) is 6.61 Å². The molecule has 98 valence electrons. The lowest BCUT2D eigenvalue weighted by molar-refractivity contribution is -0.390. The predicted octanol–water partition coefficient (Wildman–Crippen LogP) is 1.81. The van der Waals surface area contributed by atoms with Gasteiger partial charge in [-0.1, -0.05) is 0 Å². The number of rotatable bonds is 4. The van der Waals surface area contributed by atoms with Gasteiger partial charge in [0.25, 0.3) is 0 Å². The Morgan fingerprint density at radius 1 is 1.67 bits per heavy atom. The van der Waals surface area contributed by atoms with Crippen molar-refractivity contribution in [2.45, 2.75) is 13.3 Å². The number of ether oxygens (including phenoxy) is 1. The predicted molar refractivity (Wildman–Crippen MR) is 53.5 cm³/mol. The van der Waals surface area contributed by atoms with Crippen LogP contribution in [-0.4, -0.2) is 27.6 Å². The van der Waals surface area contributed by atoms with Crippen LogP contribution in [0.15, 0.2) is 6.07 Å². The van der Waals surface area contributed by atoms with Crippen molar-refractivity contribution in [2.24, 2.45) is 0 Å². The number of hydrogen-bond donors (Lipinski definition) is 1. The molecule has 18 heavy (non-hydrogen) atoms. The summed E-state index contributed by atoms with van der Waals surface area (Å²) in [6.07, 6.45) is -3.11. The average Bonchev–Trinajstić information content (AvgIpc) is 2.28. The Morgan fingerprint density at radius 2 is 2.28 bits per heavy atom. The highest BCUT2D eigenvalue weighted by atomic mass is 19.3. The molecule has 0 aromatic carbocycles. The zero-order valence-corrected chi connectivity index (χ0v) is 9.09. The second-order valence-electron chi connectivity index (χ2n) is 3.05. The summed E-state index contributed by atoms with van der Waals surface area (Å²) in [5.74, 6) is -3.44. The Morgan fingerprint density at radius 3 is 2.72 bits per heavy atom. The van der Waals surface area contributed by atoms with E-state index in [1.165, 1.54) is 6.92 Å². The van der Waals surface area contributed by atoms with E-state index in [-0.39, 0.29) is 6.61 Å². The summed E-state index contributed by atoms with van der Waals surface area (Å²) in [4.78, 5) is 23.7. The third kappa shape index (κ3) is 2.67. The van der Waals surface area contributed by atoms with E-state index in [9.17, 15) is 28.8 Å². The van der Waals surface area contributed by atoms with Gasteiger partial charge in [-0.25, -0.2) is 13.6 Å². The molecule has 0 aliphatic rings. The van der Waals surface area contributed by atoms with Gasteiger partial charge in [0.2, 0.25) is 11.4 Å². The van der Waals surface area contributed by atoms with Gasteiger partial charge in [-0.2, -0.15) is 0 Å². The third-order valence-electron chi connectivity index (χ3n) is 1.89. The van der Waals surface area contributed by atoms with Gasteiger partial charge in [0.1, 0.15) is 5.56 Å². The SMILES string of the molecule is CCOC(=O)c1cc(C(F)F)nc([N+](=O)[O-])c1O. The zero-order valence-electron chi connectivity index (χ0n) is 9.09. The molecule has 0 atom stereocenters. The number of carbonyl (C=O) groups is 1. The van der Waals surface area contributed by atoms with Crippen LogP contribution in [0.5, 0.6) is 5.75 Å². The number of aromatic hydroxyl groups is 1. The minimum absolute atomic E-state index is 0.0710. The second-order valence-corrected chi connectivity index (χ2v) is 3.05. The molecule has 1 aromatic rings. The van der Waals surface area contributed by atoms with Crippen molar-refractivity contribution in [3.8, 4) is 5.75 Å². The van der Waals surface area contributed by atoms with Crippen molar-refractivity contribution in [3.05, 3.63) is 27.4 Å². The normalized spacial score (nSPS) is 10.4. The molecular formula is C9H8F2N2O5. The van der Waals surface area contributed by atoms with Crippen LogP contribution in [0.4, 0.5) is 14.6 Å². The number of nitrogens with zero attached hydrogens (tertiary/aromatic N) is 2. The summed E-state index contributed by atoms with van der Waals surface area (Å²) in [7, 11) is 0. The molecule has 0 aliphatic heterocycles. The molecule has 0 unspecified atom stereocenters. The summed E-state index contributed by atoms with van der Waals surface area (Å²) in [6.45, 7) is 1.39. The Bertz CT molecular complexity index is 492. The van der Waals surface area contributed by atoms with Crippen LogP contribution in [0.1, 0.15) is 29.4 Å². The van der Waals surface area contributed by atoms with Gasteiger partial charge >= 0.3 is 18.2 Å². The van der Waals surface area contributed by atoms with E-state index < -0.39 is 40.1 Å². The van der Waals surface area contributed by atoms with Crippen LogP contribution in [0.3, 0.4) is 0 Å². The number of nitro groups is 1. The first kappa shape index (κ1) is 13.7. The van der Waals surface area contributed by atoms with E-state index in [1.807, 2.05) is 0 Å². The van der Waals surface area contributed by atoms with Crippen LogP contribution >= 0.6 is 0 Å². The first-order chi connectivity index (χ1) is 8.38. The highest BCUT2D eigenvalue weighted by molar-refractivity contribution is 5.93. The molecule has 0 saturated heterocycles. The fraction of sp³-hybridized carbons (Fsp3) is 0.333. The van der Waals surface area contributed by atoms with Gasteiger partial charge in [-0.05, 0) is 16.8 Å². The average molecular weight is 262 g/mol. The zero-order chi connectivity index (χ0) is 13.9. The lowest BCUT2D eigenvalue weighted by Gasteiger charge is -2.05. The first-order valence-electron chi connectivity index (χ1n) is 4.72. The molecule has 0 aliphatic carbocycles. The highest BCUT2D eigenvalue weighted by Gasteiger charge is 2.29. The van der Waals surface area contributed by atoms with Gasteiger partial charge in [0, 0.05) is 6.07 Å². The van der Waals surface area contributed by atoms with Gasteiger partial charge < -0.3 is 20.0 Å². The minimum Gasteiger partial charge on any atom is -0.500 e. The lowest BCUT2D eigenvalue weighted by Crippen LogP contribution is -2.09. The number of aromatic nitrogens is 1. The van der Waals surface area contributed by atoms with Gasteiger partial charge in [0.05, 0.1) is 6.61 Å². The molecule has 0 radical (unpaired) electrons. The molecule has 7 nitrogen and oxygen atoms in total. The van der Waals surface area contributed by atoms with Crippen LogP contribution in [-0.2, 0) is 4.74 Å². The van der Waals surface area contributed by atoms with Crippen molar-refractivity contribution in [3.63, 3.8) is 0 Å². The fourth-order valence-electron chi connectivity index (χ4n) is 1.15. The second kappa shape index (κ2) is 5.34. The summed E-state index contributed by atoms with van der Waals surface area (Å²) in [5, 5.41) is 19.9. The Hall–Kier alpha value is -2.32. The summed E-state index contributed by atoms with van der Waals surface area (Å²) < 4.78 is 29.4. The van der Waals surface area contributed by atoms with Crippen molar-refractivity contribution in [1.82, 2.24) is 4.98 Å². The molecule has 0 amide bonds. The molecule has 9 heteroatoms. The minimum atomic E-state index is -3.11. The lowest BCUT2D eigenvalue weighted by atomic mass is 10.2. The first-order valence-corrected chi connectivity index (χ1v) is 4.72. The van der Waals surface area contributed by atoms with Crippen LogP contribution in [0.25, 0.3) is 0 Å². The van der Waals surface area contributed by atoms with E-state index in [0.717, 1.165) is 0 Å². The molecule has 1 heterocycles. The maximum atomic E-state index is 12.5. The molecular weight excluding hydrogens is 254 g/mol. The Balaban J connectivity index is 3.40. The fourth-order valence-corrected chi connectivity index (χ4v) is 1.15. The summed E-state index contributed by atoms with van der Waals surface area (Å²) in [5.41, 5.74) is -1.70. The molecule has 1 rings (SSSR count). The number of carbonyl (C=O) groups excluding carboxylic acids is 1. The molecule has 1 aromatic heterocycles. The number of halogens is 2. The summed E-state index contributed by atoms with van der Waals surface area (Å²) >= 11 is 0. The van der Waals surface area contributed by atoms with E-state index in [2.05, 4.69) is 9.72 Å². The molecule has 0 bridgehead atoms. The van der Waals surface area contributed by atoms with Gasteiger partial charge in [0.15, 0.2) is 0 Å². The third-order valence-corrected chi connectivity index (χ3v) is 1.89. The smallest absolute Gasteiger partial charge is 0.407 e. The van der Waals surface area contributed by atoms with Crippen LogP contribution in [0.2, 0.25) is 0 Å².